The van der Waals surface area contributed by atoms with Crippen LogP contribution in [-0.4, -0.2) is 18.0 Å². The summed E-state index contributed by atoms with van der Waals surface area (Å²) in [6, 6.07) is 26.8. The molecule has 0 unspecified atom stereocenters. The van der Waals surface area contributed by atoms with Gasteiger partial charge < -0.3 is 20.1 Å². The van der Waals surface area contributed by atoms with Gasteiger partial charge in [0.25, 0.3) is 5.91 Å². The van der Waals surface area contributed by atoms with Crippen LogP contribution in [0.5, 0.6) is 11.5 Å². The van der Waals surface area contributed by atoms with E-state index >= 15 is 0 Å². The van der Waals surface area contributed by atoms with Crippen molar-refractivity contribution in [1.29, 1.82) is 0 Å². The van der Waals surface area contributed by atoms with Crippen LogP contribution in [0, 0.1) is 0 Å². The summed E-state index contributed by atoms with van der Waals surface area (Å²) in [5.74, 6) is 1.26. The molecule has 1 amide bonds. The second kappa shape index (κ2) is 12.8. The number of aryl methyl sites for hydroxylation is 1. The summed E-state index contributed by atoms with van der Waals surface area (Å²) < 4.78 is 12.5. The minimum Gasteiger partial charge on any atom is -0.490 e. The molecule has 1 heterocycles. The molecular weight excluding hydrogens is 516 g/mol. The number of amides is 1. The van der Waals surface area contributed by atoms with E-state index in [0.717, 1.165) is 28.8 Å². The Bertz CT molecular complexity index is 1540. The third-order valence-electron chi connectivity index (χ3n) is 6.76. The molecule has 2 N–H and O–H groups in total. The first-order chi connectivity index (χ1) is 19.6. The highest BCUT2D eigenvalue weighted by molar-refractivity contribution is 8.05. The van der Waals surface area contributed by atoms with Gasteiger partial charge in [-0.15, -0.1) is 6.58 Å². The minimum absolute atomic E-state index is 0.104. The fourth-order valence-electron chi connectivity index (χ4n) is 4.77. The second-order valence-corrected chi connectivity index (χ2v) is 10.7. The molecule has 0 aliphatic carbocycles. The molecule has 4 aromatic rings. The molecule has 1 saturated heterocycles. The SMILES string of the molecule is C=CCc1cc(/C=C2\S[C@@H](Nc3ccc(CC)cc3)NC2=O)cc(OCC)c1OCc1cccc2ccccc12. The molecule has 1 fully saturated rings. The average molecular weight is 551 g/mol. The second-order valence-electron chi connectivity index (χ2n) is 9.53. The number of allylic oxidation sites excluding steroid dienone is 1. The Balaban J connectivity index is 1.38. The van der Waals surface area contributed by atoms with Gasteiger partial charge in [0, 0.05) is 11.3 Å². The van der Waals surface area contributed by atoms with Crippen LogP contribution >= 0.6 is 11.8 Å². The average Bonchev–Trinajstić information content (AvgIpc) is 3.31. The number of hydrogen-bond donors (Lipinski definition) is 2. The zero-order valence-electron chi connectivity index (χ0n) is 22.9. The summed E-state index contributed by atoms with van der Waals surface area (Å²) in [7, 11) is 0. The predicted molar refractivity (Wildman–Crippen MR) is 167 cm³/mol. The van der Waals surface area contributed by atoms with Crippen molar-refractivity contribution in [2.24, 2.45) is 0 Å². The summed E-state index contributed by atoms with van der Waals surface area (Å²) in [6.07, 6.45) is 5.37. The number of rotatable bonds is 11. The van der Waals surface area contributed by atoms with E-state index in [9.17, 15) is 4.79 Å². The Labute approximate surface area is 240 Å². The van der Waals surface area contributed by atoms with E-state index < -0.39 is 0 Å². The molecule has 0 spiro atoms. The Morgan fingerprint density at radius 2 is 1.77 bits per heavy atom. The highest BCUT2D eigenvalue weighted by atomic mass is 32.2. The van der Waals surface area contributed by atoms with Gasteiger partial charge in [0.15, 0.2) is 17.0 Å². The number of carbonyl (C=O) groups excluding carboxylic acids is 1. The van der Waals surface area contributed by atoms with Gasteiger partial charge in [0.1, 0.15) is 6.61 Å². The Hall–Kier alpha value is -4.16. The van der Waals surface area contributed by atoms with Gasteiger partial charge in [0.2, 0.25) is 0 Å². The normalized spacial score (nSPS) is 15.7. The van der Waals surface area contributed by atoms with Gasteiger partial charge in [-0.1, -0.05) is 79.4 Å². The molecule has 5 rings (SSSR count). The van der Waals surface area contributed by atoms with E-state index in [1.54, 1.807) is 0 Å². The molecule has 6 heteroatoms. The van der Waals surface area contributed by atoms with E-state index in [2.05, 4.69) is 66.6 Å². The quantitative estimate of drug-likeness (QED) is 0.148. The summed E-state index contributed by atoms with van der Waals surface area (Å²) in [5, 5.41) is 8.76. The van der Waals surface area contributed by atoms with Crippen LogP contribution in [0.3, 0.4) is 0 Å². The maximum absolute atomic E-state index is 12.8. The third-order valence-corrected chi connectivity index (χ3v) is 7.79. The molecule has 0 bridgehead atoms. The molecule has 1 aliphatic rings. The van der Waals surface area contributed by atoms with E-state index in [0.29, 0.717) is 36.0 Å². The fourth-order valence-corrected chi connectivity index (χ4v) is 5.76. The smallest absolute Gasteiger partial charge is 0.260 e. The Morgan fingerprint density at radius 3 is 2.55 bits per heavy atom. The summed E-state index contributed by atoms with van der Waals surface area (Å²) in [6.45, 7) is 8.95. The maximum Gasteiger partial charge on any atom is 0.260 e. The van der Waals surface area contributed by atoms with Crippen molar-refractivity contribution in [2.45, 2.75) is 38.8 Å². The zero-order valence-corrected chi connectivity index (χ0v) is 23.7. The van der Waals surface area contributed by atoms with E-state index in [-0.39, 0.29) is 11.4 Å². The zero-order chi connectivity index (χ0) is 27.9. The molecule has 0 aromatic heterocycles. The van der Waals surface area contributed by atoms with Crippen LogP contribution in [0.2, 0.25) is 0 Å². The van der Waals surface area contributed by atoms with Crippen molar-refractivity contribution in [1.82, 2.24) is 5.32 Å². The van der Waals surface area contributed by atoms with Gasteiger partial charge >= 0.3 is 0 Å². The monoisotopic (exact) mass is 550 g/mol. The van der Waals surface area contributed by atoms with Crippen molar-refractivity contribution in [3.8, 4) is 11.5 Å². The van der Waals surface area contributed by atoms with Crippen molar-refractivity contribution in [3.05, 3.63) is 119 Å². The number of carbonyl (C=O) groups is 1. The topological polar surface area (TPSA) is 59.6 Å². The fraction of sp³-hybridized carbons (Fsp3) is 0.206. The van der Waals surface area contributed by atoms with Crippen molar-refractivity contribution in [2.75, 3.05) is 11.9 Å². The van der Waals surface area contributed by atoms with Crippen LogP contribution in [-0.2, 0) is 24.2 Å². The van der Waals surface area contributed by atoms with E-state index in [1.165, 1.54) is 28.1 Å². The maximum atomic E-state index is 12.8. The van der Waals surface area contributed by atoms with E-state index in [1.807, 2.05) is 55.5 Å². The molecule has 40 heavy (non-hydrogen) atoms. The largest absolute Gasteiger partial charge is 0.490 e. The lowest BCUT2D eigenvalue weighted by molar-refractivity contribution is -0.116. The lowest BCUT2D eigenvalue weighted by Crippen LogP contribution is -2.30. The predicted octanol–water partition coefficient (Wildman–Crippen LogP) is 7.71. The lowest BCUT2D eigenvalue weighted by atomic mass is 10.0. The Morgan fingerprint density at radius 1 is 0.975 bits per heavy atom. The minimum atomic E-state index is -0.242. The highest BCUT2D eigenvalue weighted by Crippen LogP contribution is 2.37. The molecule has 5 nitrogen and oxygen atoms in total. The Kier molecular flexibility index (Phi) is 8.77. The number of benzene rings is 4. The van der Waals surface area contributed by atoms with Crippen molar-refractivity contribution < 1.29 is 14.3 Å². The molecule has 0 radical (unpaired) electrons. The number of anilines is 1. The summed E-state index contributed by atoms with van der Waals surface area (Å²) in [5.41, 5.74) is 4.95. The first-order valence-corrected chi connectivity index (χ1v) is 14.5. The summed E-state index contributed by atoms with van der Waals surface area (Å²) in [4.78, 5) is 13.5. The molecular formula is C34H34N2O3S. The van der Waals surface area contributed by atoms with Gasteiger partial charge in [-0.2, -0.15) is 0 Å². The number of hydrogen-bond acceptors (Lipinski definition) is 5. The number of nitrogens with one attached hydrogen (secondary N) is 2. The van der Waals surface area contributed by atoms with Crippen LogP contribution in [0.1, 0.15) is 36.1 Å². The molecule has 204 valence electrons. The van der Waals surface area contributed by atoms with Gasteiger partial charge in [-0.05, 0) is 77.6 Å². The third kappa shape index (κ3) is 6.35. The molecule has 1 aliphatic heterocycles. The summed E-state index contributed by atoms with van der Waals surface area (Å²) >= 11 is 1.47. The number of thioether (sulfide) groups is 1. The van der Waals surface area contributed by atoms with E-state index in [4.69, 9.17) is 9.47 Å². The number of fused-ring (bicyclic) bond motifs is 1. The van der Waals surface area contributed by atoms with Gasteiger partial charge in [-0.3, -0.25) is 4.79 Å². The van der Waals surface area contributed by atoms with Gasteiger partial charge in [0.05, 0.1) is 11.5 Å². The standard InChI is InChI=1S/C34H34N2O3S/c1-4-10-26-19-24(21-31-33(37)36-34(40-31)35-28-17-15-23(5-2)16-18-28)20-30(38-6-3)32(26)39-22-27-13-9-12-25-11-7-8-14-29(25)27/h4,7-9,11-21,34-35H,1,5-6,10,22H2,2-3H3,(H,36,37)/b31-21-/t34-/m0/s1. The van der Waals surface area contributed by atoms with Gasteiger partial charge in [-0.25, -0.2) is 0 Å². The first kappa shape index (κ1) is 27.4. The van der Waals surface area contributed by atoms with Crippen LogP contribution in [0.4, 0.5) is 5.69 Å². The first-order valence-electron chi connectivity index (χ1n) is 13.6. The number of ether oxygens (including phenoxy) is 2. The molecule has 0 saturated carbocycles. The van der Waals surface area contributed by atoms with Crippen molar-refractivity contribution in [3.63, 3.8) is 0 Å². The molecule has 4 aromatic carbocycles. The molecule has 1 atom stereocenters. The highest BCUT2D eigenvalue weighted by Gasteiger charge is 2.27. The lowest BCUT2D eigenvalue weighted by Gasteiger charge is -2.17. The van der Waals surface area contributed by atoms with Crippen LogP contribution in [0.25, 0.3) is 16.8 Å². The van der Waals surface area contributed by atoms with Crippen LogP contribution < -0.4 is 20.1 Å². The van der Waals surface area contributed by atoms with Crippen molar-refractivity contribution >= 4 is 40.2 Å². The van der Waals surface area contributed by atoms with Crippen LogP contribution in [0.15, 0.2) is 96.4 Å².